The van der Waals surface area contributed by atoms with E-state index in [4.69, 9.17) is 0 Å². The largest absolute Gasteiger partial charge is 0.455 e. The van der Waals surface area contributed by atoms with E-state index in [1.807, 2.05) is 4.72 Å². The van der Waals surface area contributed by atoms with Gasteiger partial charge in [-0.2, -0.15) is 4.72 Å². The van der Waals surface area contributed by atoms with Crippen molar-refractivity contribution in [2.45, 2.75) is 4.90 Å². The lowest BCUT2D eigenvalue weighted by Crippen LogP contribution is -2.38. The molecule has 34 heavy (non-hydrogen) atoms. The number of halogens is 1. The maximum absolute atomic E-state index is 13.5. The molecule has 0 fully saturated rings. The number of ether oxygens (including phenoxy) is 1. The smallest absolute Gasteiger partial charge is 0.326 e. The van der Waals surface area contributed by atoms with Crippen LogP contribution in [0, 0.1) is 15.9 Å². The van der Waals surface area contributed by atoms with Gasteiger partial charge in [0.05, 0.1) is 15.5 Å². The Morgan fingerprint density at radius 2 is 1.82 bits per heavy atom. The van der Waals surface area contributed by atoms with Crippen molar-refractivity contribution in [1.29, 1.82) is 0 Å². The molecule has 3 N–H and O–H groups in total. The number of hydrogen-bond acceptors (Lipinski definition) is 9. The van der Waals surface area contributed by atoms with Gasteiger partial charge >= 0.3 is 12.0 Å². The molecule has 0 bridgehead atoms. The van der Waals surface area contributed by atoms with Crippen molar-refractivity contribution in [2.75, 3.05) is 37.5 Å². The van der Waals surface area contributed by atoms with Crippen LogP contribution in [0.15, 0.2) is 47.4 Å². The Bertz CT molecular complexity index is 1220. The second-order valence-electron chi connectivity index (χ2n) is 6.77. The first kappa shape index (κ1) is 26.1. The Morgan fingerprint density at radius 3 is 2.44 bits per heavy atom. The molecule has 182 valence electrons. The molecule has 0 atom stereocenters. The number of carbonyl (C=O) groups excluding carboxylic acids is 3. The Hall–Kier alpha value is -4.11. The molecule has 0 heterocycles. The summed E-state index contributed by atoms with van der Waals surface area (Å²) in [6.45, 7) is -1.81. The van der Waals surface area contributed by atoms with Gasteiger partial charge in [0.1, 0.15) is 18.0 Å². The van der Waals surface area contributed by atoms with E-state index in [1.54, 1.807) is 19.4 Å². The summed E-state index contributed by atoms with van der Waals surface area (Å²) in [6.07, 6.45) is 0. The van der Waals surface area contributed by atoms with Gasteiger partial charge in [0.2, 0.25) is 10.0 Å². The minimum atomic E-state index is -4.32. The molecule has 0 aliphatic rings. The van der Waals surface area contributed by atoms with Crippen LogP contribution < -0.4 is 20.3 Å². The van der Waals surface area contributed by atoms with Gasteiger partial charge in [-0.25, -0.2) is 17.6 Å². The predicted octanol–water partition coefficient (Wildman–Crippen LogP) is 0.970. The number of nitro groups is 1. The van der Waals surface area contributed by atoms with Gasteiger partial charge < -0.3 is 15.0 Å². The van der Waals surface area contributed by atoms with Gasteiger partial charge in [-0.05, 0) is 24.3 Å². The lowest BCUT2D eigenvalue weighted by molar-refractivity contribution is -0.384. The number of nitrogens with one attached hydrogen (secondary N) is 3. The van der Waals surface area contributed by atoms with Crippen LogP contribution in [0.5, 0.6) is 0 Å². The zero-order chi connectivity index (χ0) is 25.5. The average molecular weight is 497 g/mol. The fourth-order valence-electron chi connectivity index (χ4n) is 2.51. The maximum atomic E-state index is 13.5. The molecule has 0 aromatic heterocycles. The summed E-state index contributed by atoms with van der Waals surface area (Å²) >= 11 is 0. The standard InChI is InChI=1S/C19H20FN5O8S/c1-24(2)15-8-7-12(9-16(15)25(29)30)34(31,32)21-10-18(27)33-11-17(26)23-19(28)22-14-6-4-3-5-13(14)20/h3-9,21H,10-11H2,1-2H3,(H2,22,23,26,28). The molecule has 3 amide bonds. The van der Waals surface area contributed by atoms with Gasteiger partial charge in [0, 0.05) is 20.2 Å². The van der Waals surface area contributed by atoms with Gasteiger partial charge in [0.25, 0.3) is 11.6 Å². The maximum Gasteiger partial charge on any atom is 0.326 e. The Labute approximate surface area is 193 Å². The number of amides is 3. The van der Waals surface area contributed by atoms with Gasteiger partial charge in [-0.3, -0.25) is 25.0 Å². The topological polar surface area (TPSA) is 177 Å². The van der Waals surface area contributed by atoms with E-state index in [-0.39, 0.29) is 11.4 Å². The van der Waals surface area contributed by atoms with Crippen molar-refractivity contribution in [1.82, 2.24) is 10.0 Å². The van der Waals surface area contributed by atoms with Crippen LogP contribution in [0.2, 0.25) is 0 Å². The number of esters is 1. The monoisotopic (exact) mass is 497 g/mol. The Morgan fingerprint density at radius 1 is 1.15 bits per heavy atom. The van der Waals surface area contributed by atoms with Crippen molar-refractivity contribution in [2.24, 2.45) is 0 Å². The number of urea groups is 1. The second kappa shape index (κ2) is 11.2. The average Bonchev–Trinajstić information content (AvgIpc) is 2.77. The van der Waals surface area contributed by atoms with E-state index in [1.165, 1.54) is 29.2 Å². The van der Waals surface area contributed by atoms with Crippen LogP contribution in [0.1, 0.15) is 0 Å². The zero-order valence-electron chi connectivity index (χ0n) is 17.9. The van der Waals surface area contributed by atoms with E-state index in [2.05, 4.69) is 10.1 Å². The number of anilines is 2. The van der Waals surface area contributed by atoms with Crippen LogP contribution in [0.3, 0.4) is 0 Å². The summed E-state index contributed by atoms with van der Waals surface area (Å²) in [7, 11) is -1.23. The fraction of sp³-hybridized carbons (Fsp3) is 0.211. The fourth-order valence-corrected chi connectivity index (χ4v) is 3.50. The second-order valence-corrected chi connectivity index (χ2v) is 8.54. The van der Waals surface area contributed by atoms with Crippen LogP contribution in [-0.4, -0.2) is 58.5 Å². The lowest BCUT2D eigenvalue weighted by Gasteiger charge is -2.13. The summed E-state index contributed by atoms with van der Waals surface area (Å²) in [5, 5.41) is 15.1. The molecule has 0 aliphatic carbocycles. The highest BCUT2D eigenvalue weighted by molar-refractivity contribution is 7.89. The number of benzene rings is 2. The predicted molar refractivity (Wildman–Crippen MR) is 117 cm³/mol. The summed E-state index contributed by atoms with van der Waals surface area (Å²) in [5.41, 5.74) is -0.466. The lowest BCUT2D eigenvalue weighted by atomic mass is 10.2. The molecule has 0 saturated carbocycles. The summed E-state index contributed by atoms with van der Waals surface area (Å²) < 4.78 is 44.7. The molecule has 2 aromatic carbocycles. The number of hydrogen-bond donors (Lipinski definition) is 3. The van der Waals surface area contributed by atoms with Crippen LogP contribution >= 0.6 is 0 Å². The van der Waals surface area contributed by atoms with E-state index >= 15 is 0 Å². The number of imide groups is 1. The van der Waals surface area contributed by atoms with Gasteiger partial charge in [-0.15, -0.1) is 0 Å². The molecule has 2 aromatic rings. The molecule has 0 radical (unpaired) electrons. The summed E-state index contributed by atoms with van der Waals surface area (Å²) in [5.74, 6) is -2.95. The molecule has 0 spiro atoms. The van der Waals surface area contributed by atoms with E-state index in [0.717, 1.165) is 18.2 Å². The summed E-state index contributed by atoms with van der Waals surface area (Å²) in [6, 6.07) is 7.33. The quantitative estimate of drug-likeness (QED) is 0.259. The Balaban J connectivity index is 1.88. The number of carbonyl (C=O) groups is 3. The summed E-state index contributed by atoms with van der Waals surface area (Å²) in [4.78, 5) is 46.6. The third kappa shape index (κ3) is 7.21. The molecule has 13 nitrogen and oxygen atoms in total. The minimum absolute atomic E-state index is 0.174. The number of para-hydroxylation sites is 1. The number of rotatable bonds is 9. The molecule has 15 heteroatoms. The third-order valence-corrected chi connectivity index (χ3v) is 5.48. The SMILES string of the molecule is CN(C)c1ccc(S(=O)(=O)NCC(=O)OCC(=O)NC(=O)Nc2ccccc2F)cc1[N+](=O)[O-]. The molecule has 2 rings (SSSR count). The normalized spacial score (nSPS) is 10.8. The first-order valence-electron chi connectivity index (χ1n) is 9.37. The number of nitro benzene ring substituents is 1. The molecular weight excluding hydrogens is 477 g/mol. The Kier molecular flexibility index (Phi) is 8.58. The van der Waals surface area contributed by atoms with E-state index in [0.29, 0.717) is 0 Å². The van der Waals surface area contributed by atoms with Crippen molar-refractivity contribution in [3.8, 4) is 0 Å². The van der Waals surface area contributed by atoms with Crippen molar-refractivity contribution >= 4 is 45.0 Å². The third-order valence-electron chi connectivity index (χ3n) is 4.08. The highest BCUT2D eigenvalue weighted by Crippen LogP contribution is 2.29. The van der Waals surface area contributed by atoms with E-state index in [9.17, 15) is 37.3 Å². The number of sulfonamides is 1. The highest BCUT2D eigenvalue weighted by atomic mass is 32.2. The minimum Gasteiger partial charge on any atom is -0.455 e. The molecule has 0 unspecified atom stereocenters. The van der Waals surface area contributed by atoms with Gasteiger partial charge in [-0.1, -0.05) is 12.1 Å². The van der Waals surface area contributed by atoms with Crippen molar-refractivity contribution < 1.29 is 36.9 Å². The van der Waals surface area contributed by atoms with E-state index < -0.39 is 62.4 Å². The van der Waals surface area contributed by atoms with Crippen LogP contribution in [0.25, 0.3) is 0 Å². The molecule has 0 saturated heterocycles. The molecule has 0 aliphatic heterocycles. The zero-order valence-corrected chi connectivity index (χ0v) is 18.7. The van der Waals surface area contributed by atoms with Crippen molar-refractivity contribution in [3.05, 3.63) is 58.4 Å². The molecular formula is C19H20FN5O8S. The number of nitrogens with zero attached hydrogens (tertiary/aromatic N) is 2. The van der Waals surface area contributed by atoms with Crippen molar-refractivity contribution in [3.63, 3.8) is 0 Å². The van der Waals surface area contributed by atoms with Crippen LogP contribution in [0.4, 0.5) is 26.2 Å². The highest BCUT2D eigenvalue weighted by Gasteiger charge is 2.23. The van der Waals surface area contributed by atoms with Gasteiger partial charge in [0.15, 0.2) is 6.61 Å². The first-order chi connectivity index (χ1) is 15.9. The first-order valence-corrected chi connectivity index (χ1v) is 10.9. The van der Waals surface area contributed by atoms with Crippen LogP contribution in [-0.2, 0) is 24.3 Å².